The molecular weight excluding hydrogens is 463 g/mol. The van der Waals surface area contributed by atoms with Gasteiger partial charge in [-0.2, -0.15) is 0 Å². The van der Waals surface area contributed by atoms with Crippen LogP contribution in [0.2, 0.25) is 5.02 Å². The monoisotopic (exact) mass is 484 g/mol. The lowest BCUT2D eigenvalue weighted by Gasteiger charge is -2.30. The summed E-state index contributed by atoms with van der Waals surface area (Å²) in [7, 11) is 0. The summed E-state index contributed by atoms with van der Waals surface area (Å²) in [5.74, 6) is -0.118. The zero-order valence-electron chi connectivity index (χ0n) is 17.8. The second kappa shape index (κ2) is 9.80. The van der Waals surface area contributed by atoms with Crippen molar-refractivity contribution in [1.29, 1.82) is 0 Å². The fourth-order valence-electron chi connectivity index (χ4n) is 3.45. The van der Waals surface area contributed by atoms with Crippen molar-refractivity contribution in [1.82, 2.24) is 4.98 Å². The van der Waals surface area contributed by atoms with E-state index in [9.17, 15) is 9.18 Å². The number of rotatable bonds is 6. The Morgan fingerprint density at radius 2 is 2.06 bits per heavy atom. The van der Waals surface area contributed by atoms with Gasteiger partial charge in [-0.05, 0) is 60.9 Å². The SMILES string of the molecule is CC1(c2ccc(F)c(NC(=O)c3cccnc3OCc3ccc(Cl)cc3)c2)CCSC(N)=N1. The minimum absolute atomic E-state index is 0.0539. The fourth-order valence-corrected chi connectivity index (χ4v) is 4.55. The summed E-state index contributed by atoms with van der Waals surface area (Å²) in [4.78, 5) is 21.7. The summed E-state index contributed by atoms with van der Waals surface area (Å²) in [6.45, 7) is 2.15. The first-order valence-electron chi connectivity index (χ1n) is 10.3. The molecule has 6 nitrogen and oxygen atoms in total. The van der Waals surface area contributed by atoms with Gasteiger partial charge in [0.1, 0.15) is 18.0 Å². The number of aliphatic imine (C=N–C) groups is 1. The molecule has 0 saturated carbocycles. The van der Waals surface area contributed by atoms with Gasteiger partial charge in [0, 0.05) is 17.0 Å². The van der Waals surface area contributed by atoms with Crippen LogP contribution in [0.4, 0.5) is 10.1 Å². The minimum atomic E-state index is -0.580. The van der Waals surface area contributed by atoms with Crippen molar-refractivity contribution in [3.63, 3.8) is 0 Å². The second-order valence-corrected chi connectivity index (χ2v) is 9.29. The fraction of sp³-hybridized carbons (Fsp3) is 0.208. The quantitative estimate of drug-likeness (QED) is 0.490. The number of nitrogens with zero attached hydrogens (tertiary/aromatic N) is 2. The largest absolute Gasteiger partial charge is 0.472 e. The number of nitrogens with one attached hydrogen (secondary N) is 1. The van der Waals surface area contributed by atoms with Gasteiger partial charge in [-0.1, -0.05) is 41.6 Å². The van der Waals surface area contributed by atoms with E-state index in [0.29, 0.717) is 10.2 Å². The molecule has 2 aromatic carbocycles. The molecule has 4 rings (SSSR count). The van der Waals surface area contributed by atoms with E-state index in [2.05, 4.69) is 15.3 Å². The number of ether oxygens (including phenoxy) is 1. The third-order valence-electron chi connectivity index (χ3n) is 5.34. The van der Waals surface area contributed by atoms with Gasteiger partial charge >= 0.3 is 0 Å². The Bertz CT molecular complexity index is 1210. The van der Waals surface area contributed by atoms with Gasteiger partial charge < -0.3 is 15.8 Å². The van der Waals surface area contributed by atoms with Crippen molar-refractivity contribution in [2.45, 2.75) is 25.5 Å². The number of amidine groups is 1. The highest BCUT2D eigenvalue weighted by atomic mass is 35.5. The van der Waals surface area contributed by atoms with Gasteiger partial charge in [0.25, 0.3) is 5.91 Å². The van der Waals surface area contributed by atoms with Gasteiger partial charge in [-0.25, -0.2) is 9.37 Å². The van der Waals surface area contributed by atoms with Crippen LogP contribution >= 0.6 is 23.4 Å². The van der Waals surface area contributed by atoms with Gasteiger partial charge in [-0.15, -0.1) is 0 Å². The number of thioether (sulfide) groups is 1. The molecule has 1 unspecified atom stereocenters. The van der Waals surface area contributed by atoms with Crippen LogP contribution in [0.3, 0.4) is 0 Å². The highest BCUT2D eigenvalue weighted by molar-refractivity contribution is 8.13. The number of aromatic nitrogens is 1. The number of carbonyl (C=O) groups excluding carboxylic acids is 1. The lowest BCUT2D eigenvalue weighted by Crippen LogP contribution is -2.29. The number of hydrogen-bond acceptors (Lipinski definition) is 6. The third kappa shape index (κ3) is 5.46. The third-order valence-corrected chi connectivity index (χ3v) is 6.38. The van der Waals surface area contributed by atoms with Crippen LogP contribution in [-0.2, 0) is 12.1 Å². The summed E-state index contributed by atoms with van der Waals surface area (Å²) < 4.78 is 20.3. The molecule has 3 aromatic rings. The smallest absolute Gasteiger partial charge is 0.261 e. The van der Waals surface area contributed by atoms with Crippen LogP contribution in [0.1, 0.15) is 34.8 Å². The maximum absolute atomic E-state index is 14.6. The van der Waals surface area contributed by atoms with Crippen molar-refractivity contribution in [3.05, 3.63) is 88.3 Å². The van der Waals surface area contributed by atoms with Crippen LogP contribution in [0.15, 0.2) is 65.8 Å². The molecule has 1 amide bonds. The molecule has 0 radical (unpaired) electrons. The van der Waals surface area contributed by atoms with E-state index in [4.69, 9.17) is 22.1 Å². The molecule has 0 spiro atoms. The van der Waals surface area contributed by atoms with Crippen molar-refractivity contribution in [2.24, 2.45) is 10.7 Å². The highest BCUT2D eigenvalue weighted by Gasteiger charge is 2.30. The number of halogens is 2. The molecule has 1 aromatic heterocycles. The summed E-state index contributed by atoms with van der Waals surface area (Å²) in [6.07, 6.45) is 2.28. The number of amides is 1. The molecule has 1 aliphatic heterocycles. The summed E-state index contributed by atoms with van der Waals surface area (Å²) in [5.41, 5.74) is 7.22. The Labute approximate surface area is 200 Å². The maximum atomic E-state index is 14.6. The number of benzene rings is 2. The van der Waals surface area contributed by atoms with Crippen molar-refractivity contribution in [3.8, 4) is 5.88 Å². The first-order valence-corrected chi connectivity index (χ1v) is 11.6. The standard InChI is InChI=1S/C24H22ClFN4O2S/c1-24(10-12-33-23(27)30-24)16-6-9-19(26)20(13-16)29-21(31)18-3-2-11-28-22(18)32-14-15-4-7-17(25)8-5-15/h2-9,11,13H,10,12,14H2,1H3,(H2,27,30)(H,29,31). The molecule has 0 fully saturated rings. The average molecular weight is 485 g/mol. The molecule has 0 saturated heterocycles. The number of pyridine rings is 1. The number of nitrogens with two attached hydrogens (primary N) is 1. The minimum Gasteiger partial charge on any atom is -0.472 e. The Hall–Kier alpha value is -3.10. The summed E-state index contributed by atoms with van der Waals surface area (Å²) in [5, 5.41) is 3.76. The highest BCUT2D eigenvalue weighted by Crippen LogP contribution is 2.36. The number of hydrogen-bond donors (Lipinski definition) is 2. The molecule has 0 aliphatic carbocycles. The maximum Gasteiger partial charge on any atom is 0.261 e. The Kier molecular flexibility index (Phi) is 6.85. The predicted molar refractivity (Wildman–Crippen MR) is 130 cm³/mol. The first kappa shape index (κ1) is 23.1. The van der Waals surface area contributed by atoms with Gasteiger partial charge in [0.2, 0.25) is 5.88 Å². The van der Waals surface area contributed by atoms with E-state index in [-0.39, 0.29) is 23.7 Å². The molecule has 33 heavy (non-hydrogen) atoms. The van der Waals surface area contributed by atoms with Crippen molar-refractivity contribution < 1.29 is 13.9 Å². The molecular formula is C24H22ClFN4O2S. The van der Waals surface area contributed by atoms with E-state index in [1.54, 1.807) is 36.4 Å². The zero-order chi connectivity index (χ0) is 23.4. The molecule has 170 valence electrons. The van der Waals surface area contributed by atoms with Crippen LogP contribution in [0.25, 0.3) is 0 Å². The molecule has 1 aliphatic rings. The molecule has 3 N–H and O–H groups in total. The molecule has 0 bridgehead atoms. The molecule has 9 heteroatoms. The summed E-state index contributed by atoms with van der Waals surface area (Å²) >= 11 is 7.40. The van der Waals surface area contributed by atoms with Gasteiger partial charge in [-0.3, -0.25) is 9.79 Å². The number of anilines is 1. The van der Waals surface area contributed by atoms with E-state index in [1.807, 2.05) is 19.1 Å². The van der Waals surface area contributed by atoms with Gasteiger partial charge in [0.05, 0.1) is 11.2 Å². The van der Waals surface area contributed by atoms with Crippen molar-refractivity contribution in [2.75, 3.05) is 11.1 Å². The first-order chi connectivity index (χ1) is 15.8. The average Bonchev–Trinajstić information content (AvgIpc) is 2.80. The topological polar surface area (TPSA) is 89.6 Å². The van der Waals surface area contributed by atoms with Crippen LogP contribution in [-0.4, -0.2) is 21.8 Å². The molecule has 2 heterocycles. The van der Waals surface area contributed by atoms with E-state index in [1.165, 1.54) is 24.0 Å². The van der Waals surface area contributed by atoms with E-state index in [0.717, 1.165) is 23.3 Å². The van der Waals surface area contributed by atoms with Crippen molar-refractivity contribution >= 4 is 40.1 Å². The van der Waals surface area contributed by atoms with E-state index >= 15 is 0 Å². The van der Waals surface area contributed by atoms with E-state index < -0.39 is 17.3 Å². The Morgan fingerprint density at radius 3 is 2.82 bits per heavy atom. The normalized spacial score (nSPS) is 17.8. The lowest BCUT2D eigenvalue weighted by molar-refractivity contribution is 0.102. The van der Waals surface area contributed by atoms with Crippen LogP contribution < -0.4 is 15.8 Å². The molecule has 1 atom stereocenters. The second-order valence-electron chi connectivity index (χ2n) is 7.74. The van der Waals surface area contributed by atoms with Gasteiger partial charge in [0.15, 0.2) is 5.17 Å². The van der Waals surface area contributed by atoms with Crippen LogP contribution in [0.5, 0.6) is 5.88 Å². The summed E-state index contributed by atoms with van der Waals surface area (Å²) in [6, 6.07) is 15.0. The predicted octanol–water partition coefficient (Wildman–Crippen LogP) is 5.37. The zero-order valence-corrected chi connectivity index (χ0v) is 19.4. The number of carbonyl (C=O) groups is 1. The van der Waals surface area contributed by atoms with Crippen LogP contribution in [0, 0.1) is 5.82 Å². The Balaban J connectivity index is 1.54. The lowest BCUT2D eigenvalue weighted by atomic mass is 9.89. The Morgan fingerprint density at radius 1 is 1.27 bits per heavy atom.